The third-order valence-corrected chi connectivity index (χ3v) is 6.90. The number of nitrogens with one attached hydrogen (secondary N) is 1. The Morgan fingerprint density at radius 1 is 1.21 bits per heavy atom. The lowest BCUT2D eigenvalue weighted by Gasteiger charge is -2.35. The molecule has 162 valence electrons. The van der Waals surface area contributed by atoms with Gasteiger partial charge in [-0.3, -0.25) is 9.79 Å². The summed E-state index contributed by atoms with van der Waals surface area (Å²) in [6.45, 7) is 8.12. The molecule has 1 aromatic carbocycles. The molecule has 0 spiro atoms. The molecule has 1 unspecified atom stereocenters. The zero-order valence-corrected chi connectivity index (χ0v) is 18.5. The molecule has 0 bridgehead atoms. The molecule has 0 aliphatic carbocycles. The average molecular weight is 424 g/mol. The minimum absolute atomic E-state index is 0.00946. The molecule has 1 fully saturated rings. The Morgan fingerprint density at radius 2 is 1.86 bits per heavy atom. The topological polar surface area (TPSA) is 88.1 Å². The molecule has 0 radical (unpaired) electrons. The van der Waals surface area contributed by atoms with Gasteiger partial charge in [-0.25, -0.2) is 8.42 Å². The second kappa shape index (κ2) is 11.2. The number of hydrogen-bond acceptors (Lipinski definition) is 5. The van der Waals surface area contributed by atoms with Gasteiger partial charge in [-0.05, 0) is 45.2 Å². The van der Waals surface area contributed by atoms with Crippen LogP contribution < -0.4 is 5.32 Å². The molecule has 8 heteroatoms. The first-order chi connectivity index (χ1) is 13.9. The molecule has 1 saturated heterocycles. The molecule has 1 heterocycles. The Balaban J connectivity index is 2.02. The SMILES string of the molecule is CCN=C(NC(CC)CS(=O)(=O)c1ccccc1)N1CCC(C(=O)OCC)CC1. The van der Waals surface area contributed by atoms with Crippen molar-refractivity contribution in [3.8, 4) is 0 Å². The summed E-state index contributed by atoms with van der Waals surface area (Å²) in [5.41, 5.74) is 0. The number of guanidine groups is 1. The lowest BCUT2D eigenvalue weighted by Crippen LogP contribution is -2.51. The number of likely N-dealkylation sites (tertiary alicyclic amines) is 1. The van der Waals surface area contributed by atoms with Crippen molar-refractivity contribution in [3.05, 3.63) is 30.3 Å². The van der Waals surface area contributed by atoms with E-state index in [1.54, 1.807) is 30.3 Å². The Labute approximate surface area is 174 Å². The summed E-state index contributed by atoms with van der Waals surface area (Å²) in [5, 5.41) is 3.35. The maximum absolute atomic E-state index is 12.8. The molecule has 0 aromatic heterocycles. The van der Waals surface area contributed by atoms with Crippen LogP contribution in [-0.4, -0.2) is 63.3 Å². The quantitative estimate of drug-likeness (QED) is 0.393. The van der Waals surface area contributed by atoms with E-state index in [2.05, 4.69) is 15.2 Å². The van der Waals surface area contributed by atoms with Gasteiger partial charge in [-0.1, -0.05) is 25.1 Å². The molecule has 1 aliphatic heterocycles. The van der Waals surface area contributed by atoms with Crippen molar-refractivity contribution in [1.29, 1.82) is 0 Å². The van der Waals surface area contributed by atoms with E-state index < -0.39 is 9.84 Å². The summed E-state index contributed by atoms with van der Waals surface area (Å²) in [4.78, 5) is 19.0. The number of sulfone groups is 1. The number of aliphatic imine (C=N–C) groups is 1. The largest absolute Gasteiger partial charge is 0.466 e. The summed E-state index contributed by atoms with van der Waals surface area (Å²) >= 11 is 0. The number of ether oxygens (including phenoxy) is 1. The summed E-state index contributed by atoms with van der Waals surface area (Å²) in [5.74, 6) is 0.518. The third kappa shape index (κ3) is 6.73. The summed E-state index contributed by atoms with van der Waals surface area (Å²) in [7, 11) is -3.39. The predicted molar refractivity (Wildman–Crippen MR) is 115 cm³/mol. The Kier molecular flexibility index (Phi) is 8.95. The molecule has 29 heavy (non-hydrogen) atoms. The van der Waals surface area contributed by atoms with Crippen molar-refractivity contribution in [2.24, 2.45) is 10.9 Å². The van der Waals surface area contributed by atoms with Crippen LogP contribution in [0.25, 0.3) is 0 Å². The van der Waals surface area contributed by atoms with Crippen molar-refractivity contribution in [2.75, 3.05) is 32.0 Å². The Hall–Kier alpha value is -2.09. The van der Waals surface area contributed by atoms with Gasteiger partial charge in [0, 0.05) is 25.7 Å². The maximum atomic E-state index is 12.8. The summed E-state index contributed by atoms with van der Waals surface area (Å²) < 4.78 is 30.6. The number of carbonyl (C=O) groups excluding carboxylic acids is 1. The van der Waals surface area contributed by atoms with Gasteiger partial charge < -0.3 is 15.0 Å². The van der Waals surface area contributed by atoms with Crippen molar-refractivity contribution in [2.45, 2.75) is 51.0 Å². The Bertz CT molecular complexity index is 772. The van der Waals surface area contributed by atoms with Gasteiger partial charge in [0.25, 0.3) is 0 Å². The average Bonchev–Trinajstić information content (AvgIpc) is 2.73. The van der Waals surface area contributed by atoms with Crippen LogP contribution in [-0.2, 0) is 19.4 Å². The first kappa shape index (κ1) is 23.2. The van der Waals surface area contributed by atoms with E-state index in [-0.39, 0.29) is 23.7 Å². The lowest BCUT2D eigenvalue weighted by atomic mass is 9.97. The number of rotatable bonds is 8. The van der Waals surface area contributed by atoms with Crippen LogP contribution in [0.4, 0.5) is 0 Å². The van der Waals surface area contributed by atoms with Crippen LogP contribution in [0.15, 0.2) is 40.2 Å². The molecule has 1 N–H and O–H groups in total. The molecule has 7 nitrogen and oxygen atoms in total. The summed E-state index contributed by atoms with van der Waals surface area (Å²) in [6.07, 6.45) is 2.08. The van der Waals surface area contributed by atoms with Crippen LogP contribution in [0.3, 0.4) is 0 Å². The van der Waals surface area contributed by atoms with E-state index in [9.17, 15) is 13.2 Å². The highest BCUT2D eigenvalue weighted by Crippen LogP contribution is 2.19. The Morgan fingerprint density at radius 3 is 2.41 bits per heavy atom. The van der Waals surface area contributed by atoms with Crippen LogP contribution in [0.1, 0.15) is 40.0 Å². The van der Waals surface area contributed by atoms with Gasteiger partial charge >= 0.3 is 5.97 Å². The molecule has 1 aliphatic rings. The van der Waals surface area contributed by atoms with E-state index in [1.165, 1.54) is 0 Å². The second-order valence-electron chi connectivity index (χ2n) is 7.16. The highest BCUT2D eigenvalue weighted by Gasteiger charge is 2.29. The first-order valence-corrected chi connectivity index (χ1v) is 12.1. The molecule has 2 rings (SSSR count). The molecular weight excluding hydrogens is 390 g/mol. The maximum Gasteiger partial charge on any atom is 0.309 e. The van der Waals surface area contributed by atoms with E-state index in [0.29, 0.717) is 56.4 Å². The standard InChI is InChI=1S/C21H33N3O4S/c1-4-18(16-29(26,27)19-10-8-7-9-11-19)23-21(22-5-2)24-14-12-17(13-15-24)20(25)28-6-3/h7-11,17-18H,4-6,12-16H2,1-3H3,(H,22,23). The lowest BCUT2D eigenvalue weighted by molar-refractivity contribution is -0.149. The van der Waals surface area contributed by atoms with Gasteiger partial charge in [-0.2, -0.15) is 0 Å². The normalized spacial score (nSPS) is 17.1. The molecule has 0 saturated carbocycles. The number of piperidine rings is 1. The van der Waals surface area contributed by atoms with Gasteiger partial charge in [0.1, 0.15) is 0 Å². The van der Waals surface area contributed by atoms with Crippen molar-refractivity contribution >= 4 is 21.8 Å². The predicted octanol–water partition coefficient (Wildman–Crippen LogP) is 2.48. The zero-order valence-electron chi connectivity index (χ0n) is 17.6. The van der Waals surface area contributed by atoms with Crippen LogP contribution in [0.2, 0.25) is 0 Å². The fraction of sp³-hybridized carbons (Fsp3) is 0.619. The van der Waals surface area contributed by atoms with Gasteiger partial charge in [0.2, 0.25) is 0 Å². The van der Waals surface area contributed by atoms with Crippen molar-refractivity contribution < 1.29 is 17.9 Å². The van der Waals surface area contributed by atoms with E-state index in [1.807, 2.05) is 20.8 Å². The molecular formula is C21H33N3O4S. The fourth-order valence-corrected chi connectivity index (χ4v) is 5.02. The van der Waals surface area contributed by atoms with E-state index >= 15 is 0 Å². The van der Waals surface area contributed by atoms with Crippen LogP contribution in [0.5, 0.6) is 0 Å². The number of hydrogen-bond donors (Lipinski definition) is 1. The fourth-order valence-electron chi connectivity index (χ4n) is 3.41. The van der Waals surface area contributed by atoms with Crippen LogP contribution in [0, 0.1) is 5.92 Å². The molecule has 0 amide bonds. The van der Waals surface area contributed by atoms with Gasteiger partial charge in [0.05, 0.1) is 23.2 Å². The number of carbonyl (C=O) groups is 1. The smallest absolute Gasteiger partial charge is 0.309 e. The van der Waals surface area contributed by atoms with E-state index in [4.69, 9.17) is 4.74 Å². The number of esters is 1. The minimum atomic E-state index is -3.39. The highest BCUT2D eigenvalue weighted by atomic mass is 32.2. The number of benzene rings is 1. The number of nitrogens with zero attached hydrogens (tertiary/aromatic N) is 2. The third-order valence-electron chi connectivity index (χ3n) is 5.07. The van der Waals surface area contributed by atoms with Crippen molar-refractivity contribution in [3.63, 3.8) is 0 Å². The van der Waals surface area contributed by atoms with Crippen LogP contribution >= 0.6 is 0 Å². The second-order valence-corrected chi connectivity index (χ2v) is 9.19. The molecule has 1 atom stereocenters. The highest BCUT2D eigenvalue weighted by molar-refractivity contribution is 7.91. The van der Waals surface area contributed by atoms with Crippen molar-refractivity contribution in [1.82, 2.24) is 10.2 Å². The summed E-state index contributed by atoms with van der Waals surface area (Å²) in [6, 6.07) is 8.29. The minimum Gasteiger partial charge on any atom is -0.466 e. The monoisotopic (exact) mass is 423 g/mol. The van der Waals surface area contributed by atoms with Gasteiger partial charge in [-0.15, -0.1) is 0 Å². The first-order valence-electron chi connectivity index (χ1n) is 10.4. The molecule has 1 aromatic rings. The zero-order chi connectivity index (χ0) is 21.3. The van der Waals surface area contributed by atoms with E-state index in [0.717, 1.165) is 0 Å². The van der Waals surface area contributed by atoms with Gasteiger partial charge in [0.15, 0.2) is 15.8 Å².